The quantitative estimate of drug-likeness (QED) is 0.891. The molecule has 3 nitrogen and oxygen atoms in total. The molecule has 0 spiro atoms. The lowest BCUT2D eigenvalue weighted by Gasteiger charge is -2.40. The van der Waals surface area contributed by atoms with Gasteiger partial charge in [0.05, 0.1) is 5.69 Å². The SMILES string of the molecule is CCCc1c[nH]c(C2CCN(C(C)(C)C)CC2)n1. The molecule has 1 saturated heterocycles. The number of hydrogen-bond donors (Lipinski definition) is 1. The molecule has 1 aromatic rings. The van der Waals surface area contributed by atoms with Gasteiger partial charge in [-0.25, -0.2) is 4.98 Å². The van der Waals surface area contributed by atoms with Crippen molar-refractivity contribution in [2.45, 2.75) is 64.8 Å². The Morgan fingerprint density at radius 1 is 1.33 bits per heavy atom. The lowest BCUT2D eigenvalue weighted by Crippen LogP contribution is -2.45. The molecule has 2 rings (SSSR count). The number of rotatable bonds is 3. The predicted octanol–water partition coefficient (Wildman–Crippen LogP) is 3.34. The topological polar surface area (TPSA) is 31.9 Å². The van der Waals surface area contributed by atoms with Crippen LogP contribution in [0.2, 0.25) is 0 Å². The molecule has 0 aliphatic carbocycles. The number of aromatic nitrogens is 2. The van der Waals surface area contributed by atoms with Crippen LogP contribution in [0.1, 0.15) is 64.4 Å². The maximum absolute atomic E-state index is 4.74. The highest BCUT2D eigenvalue weighted by atomic mass is 15.2. The Morgan fingerprint density at radius 3 is 2.56 bits per heavy atom. The van der Waals surface area contributed by atoms with Gasteiger partial charge in [0.2, 0.25) is 0 Å². The van der Waals surface area contributed by atoms with E-state index in [1.54, 1.807) is 0 Å². The van der Waals surface area contributed by atoms with E-state index in [9.17, 15) is 0 Å². The Morgan fingerprint density at radius 2 is 2.00 bits per heavy atom. The van der Waals surface area contributed by atoms with Gasteiger partial charge in [-0.05, 0) is 53.1 Å². The monoisotopic (exact) mass is 249 g/mol. The molecule has 2 heterocycles. The molecule has 0 amide bonds. The van der Waals surface area contributed by atoms with Gasteiger partial charge in [0.25, 0.3) is 0 Å². The largest absolute Gasteiger partial charge is 0.348 e. The number of aryl methyl sites for hydroxylation is 1. The first-order valence-electron chi connectivity index (χ1n) is 7.30. The summed E-state index contributed by atoms with van der Waals surface area (Å²) in [5, 5.41) is 0. The van der Waals surface area contributed by atoms with Gasteiger partial charge in [-0.2, -0.15) is 0 Å². The van der Waals surface area contributed by atoms with E-state index in [-0.39, 0.29) is 0 Å². The van der Waals surface area contributed by atoms with Crippen LogP contribution >= 0.6 is 0 Å². The fraction of sp³-hybridized carbons (Fsp3) is 0.800. The molecule has 0 saturated carbocycles. The Bertz CT molecular complexity index is 367. The highest BCUT2D eigenvalue weighted by Crippen LogP contribution is 2.29. The molecule has 1 aromatic heterocycles. The highest BCUT2D eigenvalue weighted by molar-refractivity contribution is 5.07. The van der Waals surface area contributed by atoms with E-state index in [2.05, 4.69) is 43.8 Å². The van der Waals surface area contributed by atoms with Crippen LogP contribution < -0.4 is 0 Å². The molecule has 0 aromatic carbocycles. The van der Waals surface area contributed by atoms with Crippen molar-refractivity contribution in [3.8, 4) is 0 Å². The van der Waals surface area contributed by atoms with Crippen molar-refractivity contribution in [1.29, 1.82) is 0 Å². The van der Waals surface area contributed by atoms with Crippen LogP contribution in [0.3, 0.4) is 0 Å². The summed E-state index contributed by atoms with van der Waals surface area (Å²) in [6.45, 7) is 11.5. The second-order valence-electron chi connectivity index (χ2n) is 6.46. The lowest BCUT2D eigenvalue weighted by atomic mass is 9.92. The molecule has 0 radical (unpaired) electrons. The van der Waals surface area contributed by atoms with Crippen LogP contribution in [0.25, 0.3) is 0 Å². The maximum atomic E-state index is 4.74. The summed E-state index contributed by atoms with van der Waals surface area (Å²) in [5.74, 6) is 1.85. The second-order valence-corrected chi connectivity index (χ2v) is 6.46. The highest BCUT2D eigenvalue weighted by Gasteiger charge is 2.28. The molecule has 18 heavy (non-hydrogen) atoms. The Balaban J connectivity index is 1.92. The van der Waals surface area contributed by atoms with Crippen molar-refractivity contribution in [3.05, 3.63) is 17.7 Å². The first-order chi connectivity index (χ1) is 8.50. The number of piperidine rings is 1. The van der Waals surface area contributed by atoms with Crippen molar-refractivity contribution >= 4 is 0 Å². The van der Waals surface area contributed by atoms with E-state index < -0.39 is 0 Å². The normalized spacial score (nSPS) is 19.3. The van der Waals surface area contributed by atoms with Crippen LogP contribution in [0.5, 0.6) is 0 Å². The zero-order valence-corrected chi connectivity index (χ0v) is 12.3. The third-order valence-electron chi connectivity index (χ3n) is 3.99. The smallest absolute Gasteiger partial charge is 0.109 e. The number of nitrogens with one attached hydrogen (secondary N) is 1. The molecule has 0 atom stereocenters. The predicted molar refractivity (Wildman–Crippen MR) is 75.9 cm³/mol. The zero-order valence-electron chi connectivity index (χ0n) is 12.3. The number of aromatic amines is 1. The summed E-state index contributed by atoms with van der Waals surface area (Å²) < 4.78 is 0. The van der Waals surface area contributed by atoms with E-state index in [1.165, 1.54) is 43.9 Å². The number of hydrogen-bond acceptors (Lipinski definition) is 2. The molecular weight excluding hydrogens is 222 g/mol. The minimum Gasteiger partial charge on any atom is -0.348 e. The molecule has 1 aliphatic rings. The first-order valence-corrected chi connectivity index (χ1v) is 7.30. The third-order valence-corrected chi connectivity index (χ3v) is 3.99. The van der Waals surface area contributed by atoms with Gasteiger partial charge < -0.3 is 4.98 Å². The van der Waals surface area contributed by atoms with Crippen molar-refractivity contribution in [1.82, 2.24) is 14.9 Å². The lowest BCUT2D eigenvalue weighted by molar-refractivity contribution is 0.101. The Kier molecular flexibility index (Phi) is 4.10. The fourth-order valence-corrected chi connectivity index (χ4v) is 2.79. The van der Waals surface area contributed by atoms with Crippen molar-refractivity contribution in [3.63, 3.8) is 0 Å². The number of likely N-dealkylation sites (tertiary alicyclic amines) is 1. The summed E-state index contributed by atoms with van der Waals surface area (Å²) in [7, 11) is 0. The van der Waals surface area contributed by atoms with Crippen molar-refractivity contribution in [2.75, 3.05) is 13.1 Å². The molecule has 1 aliphatic heterocycles. The Labute approximate surface area is 111 Å². The van der Waals surface area contributed by atoms with Gasteiger partial charge in [-0.3, -0.25) is 4.90 Å². The molecule has 3 heteroatoms. The molecule has 1 N–H and O–H groups in total. The van der Waals surface area contributed by atoms with Gasteiger partial charge in [-0.15, -0.1) is 0 Å². The van der Waals surface area contributed by atoms with Crippen molar-refractivity contribution < 1.29 is 0 Å². The van der Waals surface area contributed by atoms with Crippen molar-refractivity contribution in [2.24, 2.45) is 0 Å². The summed E-state index contributed by atoms with van der Waals surface area (Å²) in [4.78, 5) is 10.7. The van der Waals surface area contributed by atoms with Gasteiger partial charge in [0.1, 0.15) is 5.82 Å². The van der Waals surface area contributed by atoms with Crippen LogP contribution in [-0.4, -0.2) is 33.5 Å². The van der Waals surface area contributed by atoms with Crippen LogP contribution in [0, 0.1) is 0 Å². The third kappa shape index (κ3) is 3.14. The Hall–Kier alpha value is -0.830. The number of H-pyrrole nitrogens is 1. The first kappa shape index (κ1) is 13.6. The molecule has 1 fully saturated rings. The molecular formula is C15H27N3. The van der Waals surface area contributed by atoms with E-state index >= 15 is 0 Å². The maximum Gasteiger partial charge on any atom is 0.109 e. The zero-order chi connectivity index (χ0) is 13.2. The van der Waals surface area contributed by atoms with Gasteiger partial charge in [0.15, 0.2) is 0 Å². The summed E-state index contributed by atoms with van der Waals surface area (Å²) in [5.41, 5.74) is 1.53. The standard InChI is InChI=1S/C15H27N3/c1-5-6-13-11-16-14(17-13)12-7-9-18(10-8-12)15(2,3)4/h11-12H,5-10H2,1-4H3,(H,16,17). The van der Waals surface area contributed by atoms with Crippen LogP contribution in [0.15, 0.2) is 6.20 Å². The van der Waals surface area contributed by atoms with E-state index in [1.807, 2.05) is 0 Å². The minimum absolute atomic E-state index is 0.307. The van der Waals surface area contributed by atoms with Gasteiger partial charge in [-0.1, -0.05) is 13.3 Å². The average Bonchev–Trinajstić information content (AvgIpc) is 2.77. The van der Waals surface area contributed by atoms with E-state index in [0.29, 0.717) is 11.5 Å². The van der Waals surface area contributed by atoms with Crippen LogP contribution in [-0.2, 0) is 6.42 Å². The van der Waals surface area contributed by atoms with Crippen LogP contribution in [0.4, 0.5) is 0 Å². The second kappa shape index (κ2) is 5.43. The average molecular weight is 249 g/mol. The molecule has 0 bridgehead atoms. The van der Waals surface area contributed by atoms with E-state index in [4.69, 9.17) is 4.98 Å². The minimum atomic E-state index is 0.307. The molecule has 102 valence electrons. The van der Waals surface area contributed by atoms with E-state index in [0.717, 1.165) is 6.42 Å². The number of nitrogens with zero attached hydrogens (tertiary/aromatic N) is 2. The summed E-state index contributed by atoms with van der Waals surface area (Å²) in [6.07, 6.45) is 6.83. The number of imidazole rings is 1. The van der Waals surface area contributed by atoms with Gasteiger partial charge in [0, 0.05) is 17.7 Å². The fourth-order valence-electron chi connectivity index (χ4n) is 2.79. The van der Waals surface area contributed by atoms with Gasteiger partial charge >= 0.3 is 0 Å². The molecule has 0 unspecified atom stereocenters. The summed E-state index contributed by atoms with van der Waals surface area (Å²) >= 11 is 0. The summed E-state index contributed by atoms with van der Waals surface area (Å²) in [6, 6.07) is 0.